The average molecular weight is 474 g/mol. The van der Waals surface area contributed by atoms with Gasteiger partial charge >= 0.3 is 0 Å². The predicted molar refractivity (Wildman–Crippen MR) is 127 cm³/mol. The van der Waals surface area contributed by atoms with E-state index in [1.54, 1.807) is 17.3 Å². The van der Waals surface area contributed by atoms with Gasteiger partial charge in [0, 0.05) is 37.0 Å². The molecule has 9 heteroatoms. The summed E-state index contributed by atoms with van der Waals surface area (Å²) in [5, 5.41) is -0.118. The first-order chi connectivity index (χ1) is 15.7. The number of piperidine rings is 1. The Morgan fingerprint density at radius 1 is 1.24 bits per heavy atom. The van der Waals surface area contributed by atoms with E-state index in [0.29, 0.717) is 35.8 Å². The van der Waals surface area contributed by atoms with Gasteiger partial charge in [-0.15, -0.1) is 0 Å². The SMILES string of the molecule is Cc1nc(C(C)c2cc(Cl)c(F)c(C(=O)N3CCCCC3)c2OC(C)C)n2ccnc(N)c12. The maximum absolute atomic E-state index is 15.4. The number of amides is 1. The number of carbonyl (C=O) groups excluding carboxylic acids is 1. The minimum Gasteiger partial charge on any atom is -0.490 e. The number of halogens is 2. The standard InChI is InChI=1S/C24H29ClFN5O2/c1-13(2)33-21-16(14(3)23-29-15(4)20-22(27)28-8-11-31(20)23)12-17(25)19(26)18(21)24(32)30-9-6-5-7-10-30/h8,11-14H,5-7,9-10H2,1-4H3,(H2,27,28). The number of imidazole rings is 1. The number of aryl methyl sites for hydroxylation is 1. The van der Waals surface area contributed by atoms with Crippen molar-refractivity contribution in [3.05, 3.63) is 51.9 Å². The number of fused-ring (bicyclic) bond motifs is 1. The van der Waals surface area contributed by atoms with Crippen LogP contribution in [0, 0.1) is 12.7 Å². The number of benzene rings is 1. The van der Waals surface area contributed by atoms with Crippen molar-refractivity contribution < 1.29 is 13.9 Å². The van der Waals surface area contributed by atoms with Crippen LogP contribution in [-0.2, 0) is 0 Å². The van der Waals surface area contributed by atoms with Crippen LogP contribution in [0.5, 0.6) is 5.75 Å². The number of likely N-dealkylation sites (tertiary alicyclic amines) is 1. The lowest BCUT2D eigenvalue weighted by Crippen LogP contribution is -2.36. The molecule has 1 aliphatic heterocycles. The number of carbonyl (C=O) groups is 1. The largest absolute Gasteiger partial charge is 0.490 e. The lowest BCUT2D eigenvalue weighted by Gasteiger charge is -2.29. The van der Waals surface area contributed by atoms with Crippen molar-refractivity contribution >= 4 is 28.8 Å². The molecule has 4 rings (SSSR count). The predicted octanol–water partition coefficient (Wildman–Crippen LogP) is 4.98. The summed E-state index contributed by atoms with van der Waals surface area (Å²) >= 11 is 6.33. The first-order valence-corrected chi connectivity index (χ1v) is 11.6. The third kappa shape index (κ3) is 4.24. The Kier molecular flexibility index (Phi) is 6.47. The van der Waals surface area contributed by atoms with Crippen molar-refractivity contribution in [2.24, 2.45) is 0 Å². The van der Waals surface area contributed by atoms with Crippen molar-refractivity contribution in [1.29, 1.82) is 0 Å². The molecule has 3 heterocycles. The van der Waals surface area contributed by atoms with Gasteiger partial charge in [-0.1, -0.05) is 18.5 Å². The fourth-order valence-corrected chi connectivity index (χ4v) is 4.68. The van der Waals surface area contributed by atoms with Crippen LogP contribution in [0.3, 0.4) is 0 Å². The Morgan fingerprint density at radius 3 is 2.61 bits per heavy atom. The van der Waals surface area contributed by atoms with Gasteiger partial charge in [0.2, 0.25) is 0 Å². The first kappa shape index (κ1) is 23.3. The van der Waals surface area contributed by atoms with E-state index >= 15 is 4.39 Å². The quantitative estimate of drug-likeness (QED) is 0.565. The van der Waals surface area contributed by atoms with Crippen LogP contribution in [0.25, 0.3) is 5.52 Å². The maximum Gasteiger partial charge on any atom is 0.260 e. The Labute approximate surface area is 197 Å². The third-order valence-corrected chi connectivity index (χ3v) is 6.32. The minimum atomic E-state index is -0.753. The summed E-state index contributed by atoms with van der Waals surface area (Å²) in [4.78, 5) is 24.0. The topological polar surface area (TPSA) is 85.8 Å². The van der Waals surface area contributed by atoms with Gasteiger partial charge in [0.05, 0.1) is 16.8 Å². The second-order valence-corrected chi connectivity index (χ2v) is 9.20. The van der Waals surface area contributed by atoms with Crippen LogP contribution in [0.2, 0.25) is 5.02 Å². The number of nitrogens with two attached hydrogens (primary N) is 1. The van der Waals surface area contributed by atoms with Crippen LogP contribution in [0.4, 0.5) is 10.2 Å². The second kappa shape index (κ2) is 9.17. The molecule has 0 radical (unpaired) electrons. The molecule has 1 atom stereocenters. The van der Waals surface area contributed by atoms with Crippen LogP contribution in [-0.4, -0.2) is 44.4 Å². The Morgan fingerprint density at radius 2 is 1.94 bits per heavy atom. The Bertz CT molecular complexity index is 1200. The van der Waals surface area contributed by atoms with E-state index in [4.69, 9.17) is 27.1 Å². The molecule has 1 aromatic carbocycles. The van der Waals surface area contributed by atoms with Gasteiger partial charge in [-0.05, 0) is 46.1 Å². The van der Waals surface area contributed by atoms with Gasteiger partial charge in [0.1, 0.15) is 28.5 Å². The molecular weight excluding hydrogens is 445 g/mol. The number of aromatic nitrogens is 3. The summed E-state index contributed by atoms with van der Waals surface area (Å²) in [6.45, 7) is 8.66. The maximum atomic E-state index is 15.4. The number of rotatable bonds is 5. The summed E-state index contributed by atoms with van der Waals surface area (Å²) in [5.41, 5.74) is 8.00. The van der Waals surface area contributed by atoms with Crippen LogP contribution in [0.15, 0.2) is 18.5 Å². The molecule has 33 heavy (non-hydrogen) atoms. The van der Waals surface area contributed by atoms with Crippen molar-refractivity contribution in [3.8, 4) is 5.75 Å². The number of hydrogen-bond acceptors (Lipinski definition) is 5. The summed E-state index contributed by atoms with van der Waals surface area (Å²) in [7, 11) is 0. The zero-order valence-electron chi connectivity index (χ0n) is 19.4. The average Bonchev–Trinajstić information content (AvgIpc) is 3.13. The van der Waals surface area contributed by atoms with E-state index < -0.39 is 11.7 Å². The first-order valence-electron chi connectivity index (χ1n) is 11.3. The molecule has 2 N–H and O–H groups in total. The smallest absolute Gasteiger partial charge is 0.260 e. The summed E-state index contributed by atoms with van der Waals surface area (Å²) in [6.07, 6.45) is 5.96. The highest BCUT2D eigenvalue weighted by Crippen LogP contribution is 2.40. The van der Waals surface area contributed by atoms with Crippen molar-refractivity contribution in [1.82, 2.24) is 19.3 Å². The fraction of sp³-hybridized carbons (Fsp3) is 0.458. The summed E-state index contributed by atoms with van der Waals surface area (Å²) in [6, 6.07) is 1.53. The molecule has 3 aromatic rings. The lowest BCUT2D eigenvalue weighted by atomic mass is 9.95. The van der Waals surface area contributed by atoms with Gasteiger partial charge < -0.3 is 15.4 Å². The van der Waals surface area contributed by atoms with E-state index in [0.717, 1.165) is 25.0 Å². The highest BCUT2D eigenvalue weighted by Gasteiger charge is 2.32. The van der Waals surface area contributed by atoms with Crippen molar-refractivity contribution in [2.75, 3.05) is 18.8 Å². The number of ether oxygens (including phenoxy) is 1. The molecule has 0 aliphatic carbocycles. The van der Waals surface area contributed by atoms with E-state index in [-0.39, 0.29) is 28.4 Å². The van der Waals surface area contributed by atoms with Crippen LogP contribution in [0.1, 0.15) is 73.4 Å². The van der Waals surface area contributed by atoms with Crippen LogP contribution >= 0.6 is 11.6 Å². The third-order valence-electron chi connectivity index (χ3n) is 6.05. The highest BCUT2D eigenvalue weighted by atomic mass is 35.5. The molecule has 0 bridgehead atoms. The number of nitrogen functional groups attached to an aromatic ring is 1. The van der Waals surface area contributed by atoms with E-state index in [9.17, 15) is 4.79 Å². The number of nitrogens with zero attached hydrogens (tertiary/aromatic N) is 4. The molecule has 1 fully saturated rings. The van der Waals surface area contributed by atoms with Gasteiger partial charge in [-0.25, -0.2) is 14.4 Å². The molecule has 1 unspecified atom stereocenters. The van der Waals surface area contributed by atoms with Gasteiger partial charge in [-0.3, -0.25) is 9.20 Å². The number of hydrogen-bond donors (Lipinski definition) is 1. The second-order valence-electron chi connectivity index (χ2n) is 8.79. The van der Waals surface area contributed by atoms with E-state index in [1.807, 2.05) is 32.1 Å². The molecule has 176 valence electrons. The molecule has 1 amide bonds. The van der Waals surface area contributed by atoms with Gasteiger partial charge in [0.25, 0.3) is 5.91 Å². The zero-order valence-corrected chi connectivity index (χ0v) is 20.1. The molecule has 0 spiro atoms. The Hall–Kier alpha value is -2.87. The summed E-state index contributed by atoms with van der Waals surface area (Å²) < 4.78 is 23.3. The van der Waals surface area contributed by atoms with E-state index in [1.165, 1.54) is 6.07 Å². The zero-order chi connectivity index (χ0) is 23.9. The van der Waals surface area contributed by atoms with Gasteiger partial charge in [-0.2, -0.15) is 0 Å². The molecule has 1 aliphatic rings. The van der Waals surface area contributed by atoms with Crippen molar-refractivity contribution in [2.45, 2.75) is 59.0 Å². The number of anilines is 1. The molecule has 7 nitrogen and oxygen atoms in total. The fourth-order valence-electron chi connectivity index (χ4n) is 4.47. The van der Waals surface area contributed by atoms with Crippen LogP contribution < -0.4 is 10.5 Å². The highest BCUT2D eigenvalue weighted by molar-refractivity contribution is 6.31. The van der Waals surface area contributed by atoms with E-state index in [2.05, 4.69) is 4.98 Å². The summed E-state index contributed by atoms with van der Waals surface area (Å²) in [5.74, 6) is -0.256. The van der Waals surface area contributed by atoms with Gasteiger partial charge in [0.15, 0.2) is 5.82 Å². The lowest BCUT2D eigenvalue weighted by molar-refractivity contribution is 0.0712. The molecular formula is C24H29ClFN5O2. The monoisotopic (exact) mass is 473 g/mol. The molecule has 0 saturated carbocycles. The minimum absolute atomic E-state index is 0.112. The molecule has 1 saturated heterocycles. The Balaban J connectivity index is 1.90. The molecule has 2 aromatic heterocycles. The van der Waals surface area contributed by atoms with Crippen molar-refractivity contribution in [3.63, 3.8) is 0 Å². The normalized spacial score (nSPS) is 15.3.